The predicted molar refractivity (Wildman–Crippen MR) is 102 cm³/mol. The molecule has 0 radical (unpaired) electrons. The van der Waals surface area contributed by atoms with Gasteiger partial charge in [-0.15, -0.1) is 0 Å². The van der Waals surface area contributed by atoms with Gasteiger partial charge in [-0.05, 0) is 29.3 Å². The molecule has 2 aromatic rings. The van der Waals surface area contributed by atoms with Crippen LogP contribution in [-0.2, 0) is 16.1 Å². The van der Waals surface area contributed by atoms with Crippen molar-refractivity contribution in [3.8, 4) is 5.75 Å². The van der Waals surface area contributed by atoms with Crippen molar-refractivity contribution in [2.45, 2.75) is 25.9 Å². The minimum atomic E-state index is -0.403. The van der Waals surface area contributed by atoms with Crippen LogP contribution >= 0.6 is 11.6 Å². The molecule has 2 rings (SSSR count). The molecule has 0 heterocycles. The van der Waals surface area contributed by atoms with E-state index in [2.05, 4.69) is 5.32 Å². The normalized spacial score (nSPS) is 11.5. The van der Waals surface area contributed by atoms with E-state index >= 15 is 0 Å². The van der Waals surface area contributed by atoms with Gasteiger partial charge in [-0.3, -0.25) is 9.59 Å². The zero-order valence-corrected chi connectivity index (χ0v) is 15.9. The first-order chi connectivity index (χ1) is 12.4. The average Bonchev–Trinajstić information content (AvgIpc) is 2.62. The van der Waals surface area contributed by atoms with E-state index < -0.39 is 6.04 Å². The van der Waals surface area contributed by atoms with Gasteiger partial charge in [0.15, 0.2) is 0 Å². The summed E-state index contributed by atoms with van der Waals surface area (Å²) in [5, 5.41) is 3.47. The lowest BCUT2D eigenvalue weighted by Gasteiger charge is -2.23. The minimum absolute atomic E-state index is 0.0838. The molecule has 0 saturated heterocycles. The van der Waals surface area contributed by atoms with Gasteiger partial charge in [0.05, 0.1) is 19.6 Å². The highest BCUT2D eigenvalue weighted by Crippen LogP contribution is 2.22. The molecule has 0 fully saturated rings. The fourth-order valence-corrected chi connectivity index (χ4v) is 2.83. The maximum absolute atomic E-state index is 12.7. The van der Waals surface area contributed by atoms with E-state index in [0.717, 1.165) is 16.9 Å². The molecule has 0 bridgehead atoms. The molecule has 26 heavy (non-hydrogen) atoms. The maximum Gasteiger partial charge on any atom is 0.225 e. The number of carbonyl (C=O) groups is 2. The van der Waals surface area contributed by atoms with Crippen molar-refractivity contribution in [3.05, 3.63) is 64.7 Å². The van der Waals surface area contributed by atoms with E-state index in [4.69, 9.17) is 16.3 Å². The molecule has 1 atom stereocenters. The van der Waals surface area contributed by atoms with Crippen LogP contribution in [0.5, 0.6) is 5.75 Å². The second kappa shape index (κ2) is 9.25. The van der Waals surface area contributed by atoms with Crippen LogP contribution in [0.4, 0.5) is 0 Å². The van der Waals surface area contributed by atoms with Crippen molar-refractivity contribution < 1.29 is 14.3 Å². The summed E-state index contributed by atoms with van der Waals surface area (Å²) in [4.78, 5) is 25.8. The van der Waals surface area contributed by atoms with Gasteiger partial charge in [0.1, 0.15) is 5.75 Å². The van der Waals surface area contributed by atoms with Gasteiger partial charge < -0.3 is 15.0 Å². The molecule has 6 heteroatoms. The first-order valence-corrected chi connectivity index (χ1v) is 8.67. The van der Waals surface area contributed by atoms with Gasteiger partial charge in [0.2, 0.25) is 11.8 Å². The Labute approximate surface area is 158 Å². The van der Waals surface area contributed by atoms with Crippen LogP contribution in [0.3, 0.4) is 0 Å². The smallest absolute Gasteiger partial charge is 0.225 e. The zero-order chi connectivity index (χ0) is 19.1. The molecule has 0 spiro atoms. The van der Waals surface area contributed by atoms with Crippen LogP contribution in [0.2, 0.25) is 5.02 Å². The van der Waals surface area contributed by atoms with E-state index in [1.165, 1.54) is 6.92 Å². The summed E-state index contributed by atoms with van der Waals surface area (Å²) in [6.45, 7) is 1.85. The fourth-order valence-electron chi connectivity index (χ4n) is 2.63. The third-order valence-electron chi connectivity index (χ3n) is 4.07. The quantitative estimate of drug-likeness (QED) is 0.805. The predicted octanol–water partition coefficient (Wildman–Crippen LogP) is 3.57. The molecule has 5 nitrogen and oxygen atoms in total. The molecule has 0 aliphatic heterocycles. The van der Waals surface area contributed by atoms with Gasteiger partial charge >= 0.3 is 0 Å². The number of amides is 2. The molecule has 138 valence electrons. The lowest BCUT2D eigenvalue weighted by Crippen LogP contribution is -2.33. The zero-order valence-electron chi connectivity index (χ0n) is 15.2. The van der Waals surface area contributed by atoms with Gasteiger partial charge in [0.25, 0.3) is 0 Å². The van der Waals surface area contributed by atoms with Crippen molar-refractivity contribution in [2.24, 2.45) is 0 Å². The molecule has 0 saturated carbocycles. The second-order valence-corrected chi connectivity index (χ2v) is 6.48. The third-order valence-corrected chi connectivity index (χ3v) is 4.43. The Morgan fingerprint density at radius 3 is 2.38 bits per heavy atom. The largest absolute Gasteiger partial charge is 0.497 e. The Balaban J connectivity index is 2.09. The number of rotatable bonds is 7. The summed E-state index contributed by atoms with van der Waals surface area (Å²) < 4.78 is 5.15. The number of halogens is 1. The van der Waals surface area contributed by atoms with E-state index in [-0.39, 0.29) is 18.2 Å². The van der Waals surface area contributed by atoms with Crippen molar-refractivity contribution in [3.63, 3.8) is 0 Å². The highest BCUT2D eigenvalue weighted by atomic mass is 35.5. The van der Waals surface area contributed by atoms with E-state index in [1.54, 1.807) is 25.1 Å². The van der Waals surface area contributed by atoms with Crippen LogP contribution in [0.15, 0.2) is 48.5 Å². The monoisotopic (exact) mass is 374 g/mol. The number of nitrogens with one attached hydrogen (secondary N) is 1. The Hall–Kier alpha value is -2.53. The molecule has 2 aromatic carbocycles. The first-order valence-electron chi connectivity index (χ1n) is 8.29. The molecular weight excluding hydrogens is 352 g/mol. The maximum atomic E-state index is 12.7. The number of benzene rings is 2. The topological polar surface area (TPSA) is 58.6 Å². The summed E-state index contributed by atoms with van der Waals surface area (Å²) in [5.41, 5.74) is 1.73. The van der Waals surface area contributed by atoms with E-state index in [0.29, 0.717) is 11.6 Å². The number of hydrogen-bond acceptors (Lipinski definition) is 3. The Morgan fingerprint density at radius 1 is 1.15 bits per heavy atom. The van der Waals surface area contributed by atoms with Crippen LogP contribution < -0.4 is 10.1 Å². The summed E-state index contributed by atoms with van der Waals surface area (Å²) in [6, 6.07) is 14.3. The van der Waals surface area contributed by atoms with E-state index in [9.17, 15) is 9.59 Å². The number of methoxy groups -OCH3 is 1. The van der Waals surface area contributed by atoms with Crippen LogP contribution in [0.25, 0.3) is 0 Å². The number of ether oxygens (including phenoxy) is 1. The lowest BCUT2D eigenvalue weighted by atomic mass is 10.0. The summed E-state index contributed by atoms with van der Waals surface area (Å²) in [5.74, 6) is 0.448. The van der Waals surface area contributed by atoms with Crippen molar-refractivity contribution in [1.82, 2.24) is 10.2 Å². The number of hydrogen-bond donors (Lipinski definition) is 1. The SMILES string of the molecule is COc1ccc(C(CC(=O)N(C)Cc2ccccc2Cl)NC(C)=O)cc1. The molecule has 1 unspecified atom stereocenters. The standard InChI is InChI=1S/C20H23ClN2O3/c1-14(24)22-19(15-8-10-17(26-3)11-9-15)12-20(25)23(2)13-16-6-4-5-7-18(16)21/h4-11,19H,12-13H2,1-3H3,(H,22,24). The highest BCUT2D eigenvalue weighted by molar-refractivity contribution is 6.31. The van der Waals surface area contributed by atoms with Crippen LogP contribution in [0, 0.1) is 0 Å². The Morgan fingerprint density at radius 2 is 1.81 bits per heavy atom. The number of nitrogens with zero attached hydrogens (tertiary/aromatic N) is 1. The third kappa shape index (κ3) is 5.49. The first kappa shape index (κ1) is 19.8. The lowest BCUT2D eigenvalue weighted by molar-refractivity contribution is -0.131. The summed E-state index contributed by atoms with van der Waals surface area (Å²) in [6.07, 6.45) is 0.160. The summed E-state index contributed by atoms with van der Waals surface area (Å²) >= 11 is 6.17. The summed E-state index contributed by atoms with van der Waals surface area (Å²) in [7, 11) is 3.32. The fraction of sp³-hybridized carbons (Fsp3) is 0.300. The molecular formula is C20H23ClN2O3. The molecule has 1 N–H and O–H groups in total. The molecule has 0 aromatic heterocycles. The molecule has 0 aliphatic rings. The molecule has 0 aliphatic carbocycles. The van der Waals surface area contributed by atoms with Gasteiger partial charge in [0, 0.05) is 25.5 Å². The number of carbonyl (C=O) groups excluding carboxylic acids is 2. The van der Waals surface area contributed by atoms with Gasteiger partial charge in [-0.2, -0.15) is 0 Å². The molecule has 2 amide bonds. The van der Waals surface area contributed by atoms with Crippen molar-refractivity contribution in [1.29, 1.82) is 0 Å². The minimum Gasteiger partial charge on any atom is -0.497 e. The Bertz CT molecular complexity index is 762. The van der Waals surface area contributed by atoms with E-state index in [1.807, 2.05) is 42.5 Å². The van der Waals surface area contributed by atoms with Gasteiger partial charge in [-0.25, -0.2) is 0 Å². The second-order valence-electron chi connectivity index (χ2n) is 6.07. The van der Waals surface area contributed by atoms with Crippen LogP contribution in [0.1, 0.15) is 30.5 Å². The van der Waals surface area contributed by atoms with Crippen LogP contribution in [-0.4, -0.2) is 30.9 Å². The van der Waals surface area contributed by atoms with Crippen molar-refractivity contribution >= 4 is 23.4 Å². The van der Waals surface area contributed by atoms with Gasteiger partial charge in [-0.1, -0.05) is 41.9 Å². The average molecular weight is 375 g/mol. The Kier molecular flexibility index (Phi) is 7.04. The van der Waals surface area contributed by atoms with Crippen molar-refractivity contribution in [2.75, 3.05) is 14.2 Å². The highest BCUT2D eigenvalue weighted by Gasteiger charge is 2.20.